The van der Waals surface area contributed by atoms with Crippen LogP contribution in [0.15, 0.2) is 16.7 Å². The molecule has 0 aliphatic heterocycles. The second-order valence-corrected chi connectivity index (χ2v) is 4.04. The van der Waals surface area contributed by atoms with E-state index in [0.29, 0.717) is 17.4 Å². The Bertz CT molecular complexity index is 336. The van der Waals surface area contributed by atoms with Crippen molar-refractivity contribution in [1.29, 1.82) is 0 Å². The molecule has 0 amide bonds. The van der Waals surface area contributed by atoms with Crippen molar-refractivity contribution in [3.05, 3.63) is 22.3 Å². The van der Waals surface area contributed by atoms with Crippen molar-refractivity contribution in [2.75, 3.05) is 5.32 Å². The van der Waals surface area contributed by atoms with E-state index >= 15 is 0 Å². The molecule has 0 aromatic carbocycles. The fourth-order valence-electron chi connectivity index (χ4n) is 1.09. The lowest BCUT2D eigenvalue weighted by Gasteiger charge is -2.05. The first kappa shape index (κ1) is 8.69. The van der Waals surface area contributed by atoms with Gasteiger partial charge in [-0.2, -0.15) is 0 Å². The van der Waals surface area contributed by atoms with Gasteiger partial charge in [-0.15, -0.1) is 0 Å². The van der Waals surface area contributed by atoms with E-state index in [2.05, 4.69) is 26.2 Å². The number of carbonyl (C=O) groups is 1. The number of carbonyl (C=O) groups excluding carboxylic acids is 1. The number of aldehydes is 1. The van der Waals surface area contributed by atoms with Crippen LogP contribution in [0.4, 0.5) is 5.82 Å². The highest BCUT2D eigenvalue weighted by molar-refractivity contribution is 9.10. The molecule has 0 bridgehead atoms. The predicted octanol–water partition coefficient (Wildman–Crippen LogP) is 2.23. The third-order valence-electron chi connectivity index (χ3n) is 1.93. The summed E-state index contributed by atoms with van der Waals surface area (Å²) in [7, 11) is 0. The minimum absolute atomic E-state index is 0.521. The third kappa shape index (κ3) is 2.06. The number of halogens is 1. The molecule has 0 atom stereocenters. The average molecular weight is 241 g/mol. The Balaban J connectivity index is 2.25. The zero-order valence-electron chi connectivity index (χ0n) is 6.96. The molecule has 1 aromatic heterocycles. The fourth-order valence-corrected chi connectivity index (χ4v) is 1.44. The van der Waals surface area contributed by atoms with Gasteiger partial charge in [0, 0.05) is 16.7 Å². The Morgan fingerprint density at radius 2 is 2.38 bits per heavy atom. The zero-order chi connectivity index (χ0) is 9.26. The summed E-state index contributed by atoms with van der Waals surface area (Å²) in [6.45, 7) is 0. The number of nitrogens with zero attached hydrogens (tertiary/aromatic N) is 1. The van der Waals surface area contributed by atoms with E-state index in [-0.39, 0.29) is 0 Å². The molecule has 0 saturated heterocycles. The molecule has 3 nitrogen and oxygen atoms in total. The van der Waals surface area contributed by atoms with Crippen molar-refractivity contribution in [3.8, 4) is 0 Å². The van der Waals surface area contributed by atoms with E-state index in [0.717, 1.165) is 10.8 Å². The summed E-state index contributed by atoms with van der Waals surface area (Å²) < 4.78 is 0.830. The monoisotopic (exact) mass is 240 g/mol. The first-order valence-corrected chi connectivity index (χ1v) is 4.96. The second-order valence-electron chi connectivity index (χ2n) is 3.13. The Kier molecular flexibility index (Phi) is 2.31. The van der Waals surface area contributed by atoms with Crippen molar-refractivity contribution in [3.63, 3.8) is 0 Å². The van der Waals surface area contributed by atoms with Crippen molar-refractivity contribution >= 4 is 28.0 Å². The number of hydrogen-bond donors (Lipinski definition) is 1. The number of anilines is 1. The van der Waals surface area contributed by atoms with E-state index < -0.39 is 0 Å². The van der Waals surface area contributed by atoms with E-state index in [1.54, 1.807) is 12.3 Å². The molecule has 0 unspecified atom stereocenters. The SMILES string of the molecule is O=Cc1cc(Br)cnc1NC1CC1. The zero-order valence-corrected chi connectivity index (χ0v) is 8.54. The van der Waals surface area contributed by atoms with Gasteiger partial charge in [0.1, 0.15) is 5.82 Å². The topological polar surface area (TPSA) is 42.0 Å². The molecule has 1 N–H and O–H groups in total. The predicted molar refractivity (Wildman–Crippen MR) is 54.0 cm³/mol. The third-order valence-corrected chi connectivity index (χ3v) is 2.36. The van der Waals surface area contributed by atoms with E-state index in [1.165, 1.54) is 12.8 Å². The molecule has 1 aliphatic rings. The van der Waals surface area contributed by atoms with E-state index in [9.17, 15) is 4.79 Å². The first-order chi connectivity index (χ1) is 6.29. The highest BCUT2D eigenvalue weighted by Crippen LogP contribution is 2.25. The van der Waals surface area contributed by atoms with Crippen molar-refractivity contribution < 1.29 is 4.79 Å². The molecular weight excluding hydrogens is 232 g/mol. The van der Waals surface area contributed by atoms with Crippen LogP contribution in [0.2, 0.25) is 0 Å². The Hall–Kier alpha value is -0.900. The fraction of sp³-hybridized carbons (Fsp3) is 0.333. The number of hydrogen-bond acceptors (Lipinski definition) is 3. The minimum atomic E-state index is 0.521. The van der Waals surface area contributed by atoms with Crippen molar-refractivity contribution in [1.82, 2.24) is 4.98 Å². The molecule has 1 fully saturated rings. The molecule has 68 valence electrons. The maximum absolute atomic E-state index is 10.7. The maximum Gasteiger partial charge on any atom is 0.153 e. The molecule has 1 saturated carbocycles. The molecule has 1 aromatic rings. The van der Waals surface area contributed by atoms with Crippen LogP contribution in [0.1, 0.15) is 23.2 Å². The summed E-state index contributed by atoms with van der Waals surface area (Å²) in [6.07, 6.45) is 4.87. The number of aromatic nitrogens is 1. The first-order valence-electron chi connectivity index (χ1n) is 4.17. The summed E-state index contributed by atoms with van der Waals surface area (Å²) in [5.74, 6) is 0.695. The number of rotatable bonds is 3. The summed E-state index contributed by atoms with van der Waals surface area (Å²) >= 11 is 3.27. The largest absolute Gasteiger partial charge is 0.367 e. The van der Waals surface area contributed by atoms with Gasteiger partial charge < -0.3 is 5.32 Å². The highest BCUT2D eigenvalue weighted by atomic mass is 79.9. The van der Waals surface area contributed by atoms with Gasteiger partial charge in [-0.25, -0.2) is 4.98 Å². The van der Waals surface area contributed by atoms with Gasteiger partial charge in [0.2, 0.25) is 0 Å². The Morgan fingerprint density at radius 1 is 1.62 bits per heavy atom. The van der Waals surface area contributed by atoms with Crippen LogP contribution in [0.25, 0.3) is 0 Å². The van der Waals surface area contributed by atoms with Gasteiger partial charge in [0.25, 0.3) is 0 Å². The van der Waals surface area contributed by atoms with Crippen molar-refractivity contribution in [2.45, 2.75) is 18.9 Å². The number of nitrogens with one attached hydrogen (secondary N) is 1. The maximum atomic E-state index is 10.7. The molecule has 1 heterocycles. The van der Waals surface area contributed by atoms with Crippen LogP contribution in [0.5, 0.6) is 0 Å². The quantitative estimate of drug-likeness (QED) is 0.825. The van der Waals surface area contributed by atoms with Crippen molar-refractivity contribution in [2.24, 2.45) is 0 Å². The normalized spacial score (nSPS) is 15.5. The molecule has 13 heavy (non-hydrogen) atoms. The van der Waals surface area contributed by atoms with Crippen LogP contribution in [0, 0.1) is 0 Å². The van der Waals surface area contributed by atoms with Gasteiger partial charge in [0.15, 0.2) is 6.29 Å². The van der Waals surface area contributed by atoms with Gasteiger partial charge >= 0.3 is 0 Å². The van der Waals surface area contributed by atoms with Gasteiger partial charge in [0.05, 0.1) is 5.56 Å². The standard InChI is InChI=1S/C9H9BrN2O/c10-7-3-6(5-13)9(11-4-7)12-8-1-2-8/h3-5,8H,1-2H2,(H,11,12). The average Bonchev–Trinajstić information content (AvgIpc) is 2.92. The Morgan fingerprint density at radius 3 is 3.00 bits per heavy atom. The second kappa shape index (κ2) is 3.46. The van der Waals surface area contributed by atoms with Gasteiger partial charge in [-0.1, -0.05) is 0 Å². The Labute approximate surface area is 84.7 Å². The number of pyridine rings is 1. The molecule has 0 radical (unpaired) electrons. The van der Waals surface area contributed by atoms with Gasteiger partial charge in [-0.05, 0) is 34.8 Å². The molecule has 1 aliphatic carbocycles. The lowest BCUT2D eigenvalue weighted by atomic mass is 10.3. The van der Waals surface area contributed by atoms with Crippen LogP contribution < -0.4 is 5.32 Å². The van der Waals surface area contributed by atoms with Crippen LogP contribution in [-0.4, -0.2) is 17.3 Å². The summed E-state index contributed by atoms with van der Waals surface area (Å²) in [5, 5.41) is 3.20. The summed E-state index contributed by atoms with van der Waals surface area (Å²) in [5.41, 5.74) is 0.612. The summed E-state index contributed by atoms with van der Waals surface area (Å²) in [4.78, 5) is 14.8. The van der Waals surface area contributed by atoms with Crippen LogP contribution in [0.3, 0.4) is 0 Å². The van der Waals surface area contributed by atoms with Crippen LogP contribution in [-0.2, 0) is 0 Å². The smallest absolute Gasteiger partial charge is 0.153 e. The van der Waals surface area contributed by atoms with E-state index in [4.69, 9.17) is 0 Å². The lowest BCUT2D eigenvalue weighted by Crippen LogP contribution is -2.05. The molecule has 4 heteroatoms. The minimum Gasteiger partial charge on any atom is -0.367 e. The molecule has 0 spiro atoms. The van der Waals surface area contributed by atoms with Gasteiger partial charge in [-0.3, -0.25) is 4.79 Å². The summed E-state index contributed by atoms with van der Waals surface area (Å²) in [6, 6.07) is 2.29. The highest BCUT2D eigenvalue weighted by Gasteiger charge is 2.22. The molecular formula is C9H9BrN2O. The van der Waals surface area contributed by atoms with E-state index in [1.807, 2.05) is 0 Å². The van der Waals surface area contributed by atoms with Crippen LogP contribution >= 0.6 is 15.9 Å². The molecule has 2 rings (SSSR count). The lowest BCUT2D eigenvalue weighted by molar-refractivity contribution is 0.112.